The van der Waals surface area contributed by atoms with E-state index in [1.165, 1.54) is 0 Å². The third kappa shape index (κ3) is 4.88. The third-order valence-corrected chi connectivity index (χ3v) is 6.09. The van der Waals surface area contributed by atoms with E-state index in [2.05, 4.69) is 47.1 Å². The molecular weight excluding hydrogens is 480 g/mol. The summed E-state index contributed by atoms with van der Waals surface area (Å²) < 4.78 is 7.57. The number of halogens is 1. The topological polar surface area (TPSA) is 117 Å². The molecule has 1 saturated heterocycles. The van der Waals surface area contributed by atoms with Crippen LogP contribution in [-0.2, 0) is 6.54 Å². The number of aromatic nitrogens is 5. The van der Waals surface area contributed by atoms with Crippen molar-refractivity contribution in [1.82, 2.24) is 29.9 Å². The number of oxazole rings is 1. The van der Waals surface area contributed by atoms with Crippen LogP contribution in [0, 0.1) is 16.7 Å². The van der Waals surface area contributed by atoms with E-state index in [-0.39, 0.29) is 11.3 Å². The minimum atomic E-state index is -0.125. The molecule has 5 rings (SSSR count). The smallest absolute Gasteiger partial charge is 0.300 e. The number of hydrogen-bond donors (Lipinski definition) is 0. The number of piperazine rings is 1. The summed E-state index contributed by atoms with van der Waals surface area (Å²) in [5.41, 5.74) is 3.19. The number of nitriles is 1. The highest BCUT2D eigenvalue weighted by Gasteiger charge is 2.26. The van der Waals surface area contributed by atoms with Crippen molar-refractivity contribution in [3.63, 3.8) is 0 Å². The summed E-state index contributed by atoms with van der Waals surface area (Å²) >= 11 is 5.94. The van der Waals surface area contributed by atoms with Gasteiger partial charge in [-0.2, -0.15) is 10.2 Å². The normalized spacial score (nSPS) is 14.3. The van der Waals surface area contributed by atoms with Crippen LogP contribution < -0.4 is 4.90 Å². The zero-order chi connectivity index (χ0) is 25.4. The molecule has 0 aliphatic carbocycles. The van der Waals surface area contributed by atoms with Gasteiger partial charge in [0.2, 0.25) is 5.65 Å². The van der Waals surface area contributed by atoms with Crippen LogP contribution in [0.4, 0.5) is 6.01 Å². The summed E-state index contributed by atoms with van der Waals surface area (Å²) in [7, 11) is 0. The fourth-order valence-electron chi connectivity index (χ4n) is 4.18. The Kier molecular flexibility index (Phi) is 6.10. The molecule has 3 aromatic heterocycles. The van der Waals surface area contributed by atoms with Crippen LogP contribution >= 0.6 is 11.6 Å². The maximum Gasteiger partial charge on any atom is 0.300 e. The number of benzene rings is 1. The predicted molar refractivity (Wildman–Crippen MR) is 135 cm³/mol. The van der Waals surface area contributed by atoms with Crippen LogP contribution in [0.2, 0.25) is 5.15 Å². The lowest BCUT2D eigenvalue weighted by Gasteiger charge is -2.33. The molecule has 10 nitrogen and oxygen atoms in total. The Labute approximate surface area is 213 Å². The molecule has 1 aliphatic rings. The Morgan fingerprint density at radius 3 is 2.64 bits per heavy atom. The number of fused-ring (bicyclic) bond motifs is 1. The molecule has 0 N–H and O–H groups in total. The standard InChI is InChI=1S/C25H25ClN8O2/c1-25(2,3)15-34-14-19(30-31-34)18-5-4-16(12-17(18)13-27)23(35)32-8-10-33(11-9-32)24-29-22-20(36-24)6-7-21(26)28-22/h4-7,12,14H,8-11,15H2,1-3H3. The quantitative estimate of drug-likeness (QED) is 0.382. The molecule has 0 saturated carbocycles. The first-order valence-electron chi connectivity index (χ1n) is 11.6. The maximum atomic E-state index is 13.2. The summed E-state index contributed by atoms with van der Waals surface area (Å²) in [5.74, 6) is -0.125. The summed E-state index contributed by atoms with van der Waals surface area (Å²) in [4.78, 5) is 25.5. The van der Waals surface area contributed by atoms with Gasteiger partial charge in [-0.15, -0.1) is 5.10 Å². The van der Waals surface area contributed by atoms with Gasteiger partial charge in [0.25, 0.3) is 11.9 Å². The zero-order valence-electron chi connectivity index (χ0n) is 20.3. The molecule has 1 aromatic carbocycles. The highest BCUT2D eigenvalue weighted by Crippen LogP contribution is 2.26. The van der Waals surface area contributed by atoms with Crippen molar-refractivity contribution in [1.29, 1.82) is 5.26 Å². The van der Waals surface area contributed by atoms with E-state index < -0.39 is 0 Å². The average Bonchev–Trinajstić information content (AvgIpc) is 3.48. The number of amides is 1. The number of anilines is 1. The lowest BCUT2D eigenvalue weighted by Crippen LogP contribution is -2.48. The summed E-state index contributed by atoms with van der Waals surface area (Å²) in [6, 6.07) is 11.2. The van der Waals surface area contributed by atoms with Gasteiger partial charge in [0.15, 0.2) is 5.58 Å². The minimum Gasteiger partial charge on any atom is -0.422 e. The highest BCUT2D eigenvalue weighted by atomic mass is 35.5. The first-order chi connectivity index (χ1) is 17.2. The highest BCUT2D eigenvalue weighted by molar-refractivity contribution is 6.29. The molecule has 0 radical (unpaired) electrons. The molecule has 0 unspecified atom stereocenters. The van der Waals surface area contributed by atoms with Gasteiger partial charge >= 0.3 is 0 Å². The van der Waals surface area contributed by atoms with Crippen molar-refractivity contribution in [3.05, 3.63) is 52.8 Å². The largest absolute Gasteiger partial charge is 0.422 e. The van der Waals surface area contributed by atoms with Gasteiger partial charge in [-0.3, -0.25) is 9.48 Å². The van der Waals surface area contributed by atoms with Gasteiger partial charge in [-0.1, -0.05) is 43.7 Å². The molecule has 36 heavy (non-hydrogen) atoms. The summed E-state index contributed by atoms with van der Waals surface area (Å²) in [6.07, 6.45) is 1.83. The zero-order valence-corrected chi connectivity index (χ0v) is 21.0. The van der Waals surface area contributed by atoms with Crippen LogP contribution in [-0.4, -0.2) is 61.9 Å². The molecule has 1 fully saturated rings. The van der Waals surface area contributed by atoms with E-state index in [1.807, 2.05) is 11.1 Å². The minimum absolute atomic E-state index is 0.0500. The van der Waals surface area contributed by atoms with Crippen molar-refractivity contribution in [2.45, 2.75) is 27.3 Å². The van der Waals surface area contributed by atoms with Gasteiger partial charge in [0, 0.05) is 43.9 Å². The van der Waals surface area contributed by atoms with Gasteiger partial charge in [-0.05, 0) is 29.7 Å². The first kappa shape index (κ1) is 23.8. The van der Waals surface area contributed by atoms with Crippen molar-refractivity contribution >= 4 is 34.8 Å². The Morgan fingerprint density at radius 1 is 1.14 bits per heavy atom. The Hall–Kier alpha value is -3.97. The second kappa shape index (κ2) is 9.24. The lowest BCUT2D eigenvalue weighted by molar-refractivity contribution is 0.0745. The molecule has 1 aliphatic heterocycles. The first-order valence-corrected chi connectivity index (χ1v) is 12.0. The van der Waals surface area contributed by atoms with Crippen LogP contribution in [0.15, 0.2) is 40.9 Å². The van der Waals surface area contributed by atoms with E-state index >= 15 is 0 Å². The van der Waals surface area contributed by atoms with E-state index in [0.717, 1.165) is 0 Å². The lowest BCUT2D eigenvalue weighted by atomic mass is 9.97. The summed E-state index contributed by atoms with van der Waals surface area (Å²) in [5, 5.41) is 18.5. The van der Waals surface area contributed by atoms with Crippen molar-refractivity contribution in [2.75, 3.05) is 31.1 Å². The second-order valence-corrected chi connectivity index (χ2v) is 10.4. The number of nitrogens with zero attached hydrogens (tertiary/aromatic N) is 8. The fourth-order valence-corrected chi connectivity index (χ4v) is 4.32. The van der Waals surface area contributed by atoms with Gasteiger partial charge in [0.1, 0.15) is 10.8 Å². The van der Waals surface area contributed by atoms with E-state index in [4.69, 9.17) is 16.0 Å². The number of pyridine rings is 1. The molecule has 11 heteroatoms. The molecular formula is C25H25ClN8O2. The van der Waals surface area contributed by atoms with Crippen molar-refractivity contribution < 1.29 is 9.21 Å². The molecule has 4 aromatic rings. The molecule has 0 atom stereocenters. The molecule has 4 heterocycles. The Balaban J connectivity index is 1.28. The number of carbonyl (C=O) groups excluding carboxylic acids is 1. The Bertz CT molecular complexity index is 1470. The number of hydrogen-bond acceptors (Lipinski definition) is 8. The predicted octanol–water partition coefficient (Wildman–Crippen LogP) is 4.01. The molecule has 184 valence electrons. The van der Waals surface area contributed by atoms with E-state index in [0.29, 0.717) is 77.5 Å². The SMILES string of the molecule is CC(C)(C)Cn1cc(-c2ccc(C(=O)N3CCN(c4nc5nc(Cl)ccc5o4)CC3)cc2C#N)nn1. The van der Waals surface area contributed by atoms with Gasteiger partial charge < -0.3 is 14.2 Å². The van der Waals surface area contributed by atoms with Crippen LogP contribution in [0.5, 0.6) is 0 Å². The molecule has 1 amide bonds. The van der Waals surface area contributed by atoms with Crippen LogP contribution in [0.1, 0.15) is 36.7 Å². The Morgan fingerprint density at radius 2 is 1.92 bits per heavy atom. The van der Waals surface area contributed by atoms with Gasteiger partial charge in [0.05, 0.1) is 17.8 Å². The van der Waals surface area contributed by atoms with Gasteiger partial charge in [-0.25, -0.2) is 4.98 Å². The average molecular weight is 505 g/mol. The number of rotatable bonds is 4. The second-order valence-electron chi connectivity index (χ2n) is 9.97. The third-order valence-electron chi connectivity index (χ3n) is 5.88. The molecule has 0 bridgehead atoms. The monoisotopic (exact) mass is 504 g/mol. The maximum absolute atomic E-state index is 13.2. The fraction of sp³-hybridized carbons (Fsp3) is 0.360. The molecule has 0 spiro atoms. The van der Waals surface area contributed by atoms with E-state index in [9.17, 15) is 10.1 Å². The van der Waals surface area contributed by atoms with E-state index in [1.54, 1.807) is 39.9 Å². The van der Waals surface area contributed by atoms with Crippen molar-refractivity contribution in [2.24, 2.45) is 5.41 Å². The summed E-state index contributed by atoms with van der Waals surface area (Å²) in [6.45, 7) is 9.19. The number of carbonyl (C=O) groups is 1. The van der Waals surface area contributed by atoms with Crippen LogP contribution in [0.25, 0.3) is 22.5 Å². The van der Waals surface area contributed by atoms with Crippen molar-refractivity contribution in [3.8, 4) is 17.3 Å². The van der Waals surface area contributed by atoms with Crippen LogP contribution in [0.3, 0.4) is 0 Å².